The van der Waals surface area contributed by atoms with E-state index in [4.69, 9.17) is 39.9 Å². The van der Waals surface area contributed by atoms with Crippen molar-refractivity contribution in [3.05, 3.63) is 59.7 Å². The number of benzene rings is 2. The largest absolute Gasteiger partial charge is 0.379 e. The lowest BCUT2D eigenvalue weighted by molar-refractivity contribution is 0.0141. The van der Waals surface area contributed by atoms with Gasteiger partial charge >= 0.3 is 0 Å². The topological polar surface area (TPSA) is 166 Å². The Morgan fingerprint density at radius 1 is 0.435 bits per heavy atom. The number of nitrogens with one attached hydrogen (secondary N) is 2. The Hall–Kier alpha value is -2.94. The Balaban J connectivity index is 1.52. The molecule has 258 valence electrons. The third-order valence-electron chi connectivity index (χ3n) is 6.60. The van der Waals surface area contributed by atoms with Gasteiger partial charge in [0.25, 0.3) is 11.8 Å². The molecule has 12 heteroatoms. The summed E-state index contributed by atoms with van der Waals surface area (Å²) in [7, 11) is 0. The van der Waals surface area contributed by atoms with Crippen molar-refractivity contribution in [2.75, 3.05) is 105 Å². The molecule has 0 atom stereocenters. The van der Waals surface area contributed by atoms with Crippen LogP contribution in [0.25, 0.3) is 11.1 Å². The van der Waals surface area contributed by atoms with Gasteiger partial charge in [-0.3, -0.25) is 9.59 Å². The summed E-state index contributed by atoms with van der Waals surface area (Å²) in [5.41, 5.74) is 13.9. The highest BCUT2D eigenvalue weighted by Gasteiger charge is 2.08. The van der Waals surface area contributed by atoms with Gasteiger partial charge in [0.05, 0.1) is 52.9 Å². The average molecular weight is 647 g/mol. The van der Waals surface area contributed by atoms with Crippen molar-refractivity contribution >= 4 is 11.8 Å². The number of nitrogens with two attached hydrogens (primary N) is 2. The van der Waals surface area contributed by atoms with Crippen LogP contribution in [0, 0.1) is 0 Å². The number of carbonyl (C=O) groups is 2. The fourth-order valence-corrected chi connectivity index (χ4v) is 4.04. The smallest absolute Gasteiger partial charge is 0.251 e. The van der Waals surface area contributed by atoms with E-state index in [-0.39, 0.29) is 11.8 Å². The second-order valence-electron chi connectivity index (χ2n) is 10.3. The molecule has 0 unspecified atom stereocenters. The highest BCUT2D eigenvalue weighted by molar-refractivity contribution is 5.95. The predicted octanol–water partition coefficient (Wildman–Crippen LogP) is 2.39. The maximum Gasteiger partial charge on any atom is 0.251 e. The van der Waals surface area contributed by atoms with Gasteiger partial charge in [-0.25, -0.2) is 0 Å². The fraction of sp³-hybridized carbons (Fsp3) is 0.588. The van der Waals surface area contributed by atoms with Gasteiger partial charge in [0, 0.05) is 50.6 Å². The summed E-state index contributed by atoms with van der Waals surface area (Å²) in [4.78, 5) is 25.0. The van der Waals surface area contributed by atoms with Crippen molar-refractivity contribution in [3.63, 3.8) is 0 Å². The summed E-state index contributed by atoms with van der Waals surface area (Å²) in [5.74, 6) is -0.259. The maximum absolute atomic E-state index is 12.5. The lowest BCUT2D eigenvalue weighted by atomic mass is 10.0. The molecule has 0 heterocycles. The predicted molar refractivity (Wildman–Crippen MR) is 178 cm³/mol. The molecule has 0 aromatic heterocycles. The number of rotatable bonds is 29. The SMILES string of the molecule is NCCCOCCOCCOCCCNC(=O)c1ccc(-c2ccc(C(=O)NCCCOCCOCCOCCCN)cc2)cc1. The molecule has 0 aliphatic carbocycles. The molecule has 2 amide bonds. The zero-order chi connectivity index (χ0) is 32.9. The van der Waals surface area contributed by atoms with Crippen LogP contribution in [0.5, 0.6) is 0 Å². The molecule has 2 aromatic carbocycles. The van der Waals surface area contributed by atoms with E-state index >= 15 is 0 Å². The minimum atomic E-state index is -0.130. The maximum atomic E-state index is 12.5. The molecule has 0 saturated heterocycles. The summed E-state index contributed by atoms with van der Waals surface area (Å²) >= 11 is 0. The summed E-state index contributed by atoms with van der Waals surface area (Å²) in [6.07, 6.45) is 3.13. The van der Waals surface area contributed by atoms with Crippen LogP contribution >= 0.6 is 0 Å². The normalized spacial score (nSPS) is 11.1. The van der Waals surface area contributed by atoms with Crippen LogP contribution in [0.1, 0.15) is 46.4 Å². The number of ether oxygens (including phenoxy) is 6. The molecular formula is C34H54N4O8. The Kier molecular flexibility index (Phi) is 23.2. The van der Waals surface area contributed by atoms with Gasteiger partial charge in [-0.05, 0) is 74.2 Å². The molecule has 46 heavy (non-hydrogen) atoms. The molecule has 0 saturated carbocycles. The Bertz CT molecular complexity index is 957. The highest BCUT2D eigenvalue weighted by atomic mass is 16.5. The van der Waals surface area contributed by atoms with Crippen LogP contribution in [0.4, 0.5) is 0 Å². The Labute approximate surface area is 273 Å². The third kappa shape index (κ3) is 18.9. The van der Waals surface area contributed by atoms with Crippen LogP contribution in [-0.4, -0.2) is 117 Å². The van der Waals surface area contributed by atoms with E-state index < -0.39 is 0 Å². The Morgan fingerprint density at radius 3 is 1.02 bits per heavy atom. The van der Waals surface area contributed by atoms with Crippen molar-refractivity contribution in [1.82, 2.24) is 10.6 Å². The lowest BCUT2D eigenvalue weighted by Crippen LogP contribution is -2.25. The monoisotopic (exact) mass is 646 g/mol. The van der Waals surface area contributed by atoms with Crippen LogP contribution in [0.2, 0.25) is 0 Å². The van der Waals surface area contributed by atoms with E-state index in [1.54, 1.807) is 24.3 Å². The van der Waals surface area contributed by atoms with Crippen LogP contribution in [0.15, 0.2) is 48.5 Å². The van der Waals surface area contributed by atoms with Crippen molar-refractivity contribution < 1.29 is 38.0 Å². The standard InChI is InChI=1S/C34H54N4O8/c35-13-1-17-41-21-25-45-27-23-43-19-3-15-37-33(39)31-9-5-29(6-10-31)30-7-11-32(12-8-30)34(40)38-16-4-20-44-24-28-46-26-22-42-18-2-14-36/h5-12H,1-4,13-28,35-36H2,(H,37,39)(H,38,40). The molecule has 0 bridgehead atoms. The molecule has 0 spiro atoms. The first-order chi connectivity index (χ1) is 22.7. The molecule has 0 radical (unpaired) electrons. The quantitative estimate of drug-likeness (QED) is 0.0965. The van der Waals surface area contributed by atoms with E-state index in [1.807, 2.05) is 24.3 Å². The molecule has 2 rings (SSSR count). The van der Waals surface area contributed by atoms with Gasteiger partial charge in [0.15, 0.2) is 0 Å². The van der Waals surface area contributed by atoms with Crippen LogP contribution in [0.3, 0.4) is 0 Å². The van der Waals surface area contributed by atoms with Gasteiger partial charge in [0.1, 0.15) is 0 Å². The zero-order valence-electron chi connectivity index (χ0n) is 27.2. The van der Waals surface area contributed by atoms with Crippen LogP contribution in [-0.2, 0) is 28.4 Å². The summed E-state index contributed by atoms with van der Waals surface area (Å²) in [6, 6.07) is 14.8. The molecule has 2 aromatic rings. The molecule has 0 aliphatic rings. The van der Waals surface area contributed by atoms with E-state index in [0.29, 0.717) is 129 Å². The van der Waals surface area contributed by atoms with E-state index in [9.17, 15) is 9.59 Å². The van der Waals surface area contributed by atoms with Crippen molar-refractivity contribution in [1.29, 1.82) is 0 Å². The summed E-state index contributed by atoms with van der Waals surface area (Å²) in [6.45, 7) is 8.93. The first kappa shape index (κ1) is 39.2. The van der Waals surface area contributed by atoms with Gasteiger partial charge < -0.3 is 50.5 Å². The average Bonchev–Trinajstić information content (AvgIpc) is 3.09. The van der Waals surface area contributed by atoms with Crippen molar-refractivity contribution in [3.8, 4) is 11.1 Å². The first-order valence-electron chi connectivity index (χ1n) is 16.3. The summed E-state index contributed by atoms with van der Waals surface area (Å²) < 4.78 is 32.7. The number of amides is 2. The van der Waals surface area contributed by atoms with E-state index in [2.05, 4.69) is 10.6 Å². The first-order valence-corrected chi connectivity index (χ1v) is 16.3. The van der Waals surface area contributed by atoms with Crippen molar-refractivity contribution in [2.24, 2.45) is 11.5 Å². The van der Waals surface area contributed by atoms with E-state index in [0.717, 1.165) is 24.0 Å². The van der Waals surface area contributed by atoms with Gasteiger partial charge in [-0.1, -0.05) is 24.3 Å². The molecule has 0 aliphatic heterocycles. The number of hydrogen-bond acceptors (Lipinski definition) is 10. The third-order valence-corrected chi connectivity index (χ3v) is 6.60. The highest BCUT2D eigenvalue weighted by Crippen LogP contribution is 2.20. The zero-order valence-corrected chi connectivity index (χ0v) is 27.2. The molecule has 6 N–H and O–H groups in total. The van der Waals surface area contributed by atoms with E-state index in [1.165, 1.54) is 0 Å². The molecule has 12 nitrogen and oxygen atoms in total. The summed E-state index contributed by atoms with van der Waals surface area (Å²) in [5, 5.41) is 5.84. The number of carbonyl (C=O) groups excluding carboxylic acids is 2. The van der Waals surface area contributed by atoms with Gasteiger partial charge in [-0.2, -0.15) is 0 Å². The minimum absolute atomic E-state index is 0.130. The lowest BCUT2D eigenvalue weighted by Gasteiger charge is -2.09. The molecule has 0 fully saturated rings. The Morgan fingerprint density at radius 2 is 0.717 bits per heavy atom. The molecular weight excluding hydrogens is 592 g/mol. The second kappa shape index (κ2) is 27.2. The van der Waals surface area contributed by atoms with Gasteiger partial charge in [0.2, 0.25) is 0 Å². The fourth-order valence-electron chi connectivity index (χ4n) is 4.04. The van der Waals surface area contributed by atoms with Crippen molar-refractivity contribution in [2.45, 2.75) is 25.7 Å². The van der Waals surface area contributed by atoms with Crippen LogP contribution < -0.4 is 22.1 Å². The second-order valence-corrected chi connectivity index (χ2v) is 10.3. The van der Waals surface area contributed by atoms with Gasteiger partial charge in [-0.15, -0.1) is 0 Å². The minimum Gasteiger partial charge on any atom is -0.379 e. The number of hydrogen-bond donors (Lipinski definition) is 4.